The smallest absolute Gasteiger partial charge is 0.266 e. The lowest BCUT2D eigenvalue weighted by Gasteiger charge is -2.10. The van der Waals surface area contributed by atoms with Gasteiger partial charge in [-0.3, -0.25) is 4.79 Å². The van der Waals surface area contributed by atoms with Crippen molar-refractivity contribution >= 4 is 44.6 Å². The van der Waals surface area contributed by atoms with Crippen LogP contribution in [0.5, 0.6) is 0 Å². The molecule has 0 fully saturated rings. The minimum Gasteiger partial charge on any atom is -0.321 e. The molecule has 1 aromatic heterocycles. The van der Waals surface area contributed by atoms with E-state index in [9.17, 15) is 4.79 Å². The minimum absolute atomic E-state index is 0.0892. The van der Waals surface area contributed by atoms with Gasteiger partial charge in [-0.2, -0.15) is 0 Å². The van der Waals surface area contributed by atoms with Crippen LogP contribution in [0, 0.1) is 13.8 Å². The van der Waals surface area contributed by atoms with Crippen LogP contribution in [0.2, 0.25) is 5.02 Å². The number of nitrogens with one attached hydrogen (secondary N) is 1. The second-order valence-electron chi connectivity index (χ2n) is 6.98. The summed E-state index contributed by atoms with van der Waals surface area (Å²) in [5, 5.41) is 4.80. The molecule has 0 bridgehead atoms. The lowest BCUT2D eigenvalue weighted by Crippen LogP contribution is -2.13. The molecule has 2 nitrogen and oxygen atoms in total. The molecule has 0 radical (unpaired) electrons. The Hall–Kier alpha value is -2.62. The van der Waals surface area contributed by atoms with E-state index in [0.717, 1.165) is 38.2 Å². The highest BCUT2D eigenvalue weighted by Crippen LogP contribution is 2.34. The van der Waals surface area contributed by atoms with Gasteiger partial charge >= 0.3 is 0 Å². The number of halogens is 1. The summed E-state index contributed by atoms with van der Waals surface area (Å²) in [5.41, 5.74) is 5.23. The average molecular weight is 406 g/mol. The summed E-state index contributed by atoms with van der Waals surface area (Å²) >= 11 is 7.65. The Morgan fingerprint density at radius 1 is 1.00 bits per heavy atom. The van der Waals surface area contributed by atoms with E-state index < -0.39 is 0 Å². The fourth-order valence-corrected chi connectivity index (χ4v) is 4.56. The van der Waals surface area contributed by atoms with Crippen molar-refractivity contribution in [1.82, 2.24) is 0 Å². The Kier molecular flexibility index (Phi) is 5.21. The van der Waals surface area contributed by atoms with Crippen LogP contribution >= 0.6 is 22.9 Å². The van der Waals surface area contributed by atoms with Crippen LogP contribution in [0.15, 0.2) is 66.7 Å². The van der Waals surface area contributed by atoms with Gasteiger partial charge in [0.05, 0.1) is 4.88 Å². The van der Waals surface area contributed by atoms with Gasteiger partial charge in [-0.1, -0.05) is 65.7 Å². The predicted molar refractivity (Wildman–Crippen MR) is 120 cm³/mol. The van der Waals surface area contributed by atoms with Crippen molar-refractivity contribution < 1.29 is 4.79 Å². The number of amides is 1. The first-order chi connectivity index (χ1) is 13.5. The second kappa shape index (κ2) is 7.78. The van der Waals surface area contributed by atoms with Crippen molar-refractivity contribution in [3.8, 4) is 0 Å². The monoisotopic (exact) mass is 405 g/mol. The molecule has 4 aromatic rings. The van der Waals surface area contributed by atoms with Gasteiger partial charge in [0, 0.05) is 15.4 Å². The first-order valence-corrected chi connectivity index (χ1v) is 10.3. The molecule has 0 spiro atoms. The highest BCUT2D eigenvalue weighted by Gasteiger charge is 2.19. The number of aryl methyl sites for hydroxylation is 2. The third-order valence-electron chi connectivity index (χ3n) is 4.85. The summed E-state index contributed by atoms with van der Waals surface area (Å²) in [6.07, 6.45) is 0.724. The molecule has 1 amide bonds. The first kappa shape index (κ1) is 18.7. The zero-order valence-corrected chi connectivity index (χ0v) is 17.3. The van der Waals surface area contributed by atoms with Gasteiger partial charge in [-0.25, -0.2) is 0 Å². The van der Waals surface area contributed by atoms with Crippen LogP contribution in [-0.4, -0.2) is 5.91 Å². The van der Waals surface area contributed by atoms with E-state index in [0.29, 0.717) is 5.02 Å². The maximum absolute atomic E-state index is 13.2. The molecule has 0 atom stereocenters. The lowest BCUT2D eigenvalue weighted by atomic mass is 10.0. The normalized spacial score (nSPS) is 11.0. The SMILES string of the molecule is Cc1ccc(Cc2c(C(=O)Nc3cc(Cl)ccc3C)sc3ccccc23)cc1. The van der Waals surface area contributed by atoms with Crippen molar-refractivity contribution in [1.29, 1.82) is 0 Å². The van der Waals surface area contributed by atoms with E-state index in [1.165, 1.54) is 22.5 Å². The molecule has 0 saturated heterocycles. The summed E-state index contributed by atoms with van der Waals surface area (Å²) in [6, 6.07) is 22.2. The van der Waals surface area contributed by atoms with Crippen LogP contribution in [0.25, 0.3) is 10.1 Å². The fourth-order valence-electron chi connectivity index (χ4n) is 3.28. The van der Waals surface area contributed by atoms with Gasteiger partial charge in [0.1, 0.15) is 0 Å². The molecule has 0 aliphatic heterocycles. The zero-order valence-electron chi connectivity index (χ0n) is 15.8. The summed E-state index contributed by atoms with van der Waals surface area (Å²) in [6.45, 7) is 4.04. The first-order valence-electron chi connectivity index (χ1n) is 9.15. The highest BCUT2D eigenvalue weighted by atomic mass is 35.5. The molecule has 4 rings (SSSR count). The zero-order chi connectivity index (χ0) is 19.7. The molecule has 1 N–H and O–H groups in total. The van der Waals surface area contributed by atoms with E-state index in [-0.39, 0.29) is 5.91 Å². The summed E-state index contributed by atoms with van der Waals surface area (Å²) < 4.78 is 1.12. The van der Waals surface area contributed by atoms with Gasteiger partial charge in [-0.15, -0.1) is 11.3 Å². The summed E-state index contributed by atoms with van der Waals surface area (Å²) in [4.78, 5) is 13.9. The molecular weight excluding hydrogens is 386 g/mol. The molecule has 1 heterocycles. The van der Waals surface area contributed by atoms with Gasteiger partial charge in [0.25, 0.3) is 5.91 Å². The minimum atomic E-state index is -0.0892. The third kappa shape index (κ3) is 3.82. The van der Waals surface area contributed by atoms with Gasteiger partial charge < -0.3 is 5.32 Å². The number of anilines is 1. The Morgan fingerprint density at radius 2 is 1.75 bits per heavy atom. The molecular formula is C24H20ClNOS. The fraction of sp³-hybridized carbons (Fsp3) is 0.125. The van der Waals surface area contributed by atoms with E-state index in [1.807, 2.05) is 31.2 Å². The quantitative estimate of drug-likeness (QED) is 0.388. The van der Waals surface area contributed by atoms with Gasteiger partial charge in [0.2, 0.25) is 0 Å². The van der Waals surface area contributed by atoms with Crippen LogP contribution < -0.4 is 5.32 Å². The van der Waals surface area contributed by atoms with E-state index >= 15 is 0 Å². The van der Waals surface area contributed by atoms with Crippen LogP contribution in [0.4, 0.5) is 5.69 Å². The number of hydrogen-bond acceptors (Lipinski definition) is 2. The molecule has 0 aliphatic rings. The highest BCUT2D eigenvalue weighted by molar-refractivity contribution is 7.21. The molecule has 0 unspecified atom stereocenters. The Bertz CT molecular complexity index is 1160. The maximum atomic E-state index is 13.2. The molecule has 0 aliphatic carbocycles. The predicted octanol–water partition coefficient (Wildman–Crippen LogP) is 7.01. The largest absolute Gasteiger partial charge is 0.321 e. The van der Waals surface area contributed by atoms with E-state index in [4.69, 9.17) is 11.6 Å². The van der Waals surface area contributed by atoms with Crippen LogP contribution in [0.3, 0.4) is 0 Å². The second-order valence-corrected chi connectivity index (χ2v) is 8.47. The standard InChI is InChI=1S/C24H20ClNOS/c1-15-7-10-17(11-8-15)13-20-19-5-3-4-6-22(19)28-23(20)24(27)26-21-14-18(25)12-9-16(21)2/h3-12,14H,13H2,1-2H3,(H,26,27). The van der Waals surface area contributed by atoms with E-state index in [2.05, 4.69) is 48.6 Å². The number of carbonyl (C=O) groups is 1. The van der Waals surface area contributed by atoms with Crippen LogP contribution in [-0.2, 0) is 6.42 Å². The molecule has 0 saturated carbocycles. The van der Waals surface area contributed by atoms with Gasteiger partial charge in [0.15, 0.2) is 0 Å². The number of hydrogen-bond donors (Lipinski definition) is 1. The molecule has 4 heteroatoms. The maximum Gasteiger partial charge on any atom is 0.266 e. The Morgan fingerprint density at radius 3 is 2.54 bits per heavy atom. The summed E-state index contributed by atoms with van der Waals surface area (Å²) in [7, 11) is 0. The van der Waals surface area contributed by atoms with Crippen molar-refractivity contribution in [2.75, 3.05) is 5.32 Å². The topological polar surface area (TPSA) is 29.1 Å². The number of rotatable bonds is 4. The van der Waals surface area contributed by atoms with Crippen LogP contribution in [0.1, 0.15) is 31.9 Å². The number of thiophene rings is 1. The summed E-state index contributed by atoms with van der Waals surface area (Å²) in [5.74, 6) is -0.0892. The molecule has 28 heavy (non-hydrogen) atoms. The van der Waals surface area contributed by atoms with Crippen molar-refractivity contribution in [2.45, 2.75) is 20.3 Å². The van der Waals surface area contributed by atoms with E-state index in [1.54, 1.807) is 6.07 Å². The average Bonchev–Trinajstić information content (AvgIpc) is 3.05. The Balaban J connectivity index is 1.74. The van der Waals surface area contributed by atoms with Crippen molar-refractivity contribution in [2.24, 2.45) is 0 Å². The number of fused-ring (bicyclic) bond motifs is 1. The number of benzene rings is 3. The lowest BCUT2D eigenvalue weighted by molar-refractivity contribution is 0.103. The van der Waals surface area contributed by atoms with Crippen molar-refractivity contribution in [3.05, 3.63) is 98.9 Å². The number of carbonyl (C=O) groups excluding carboxylic acids is 1. The molecule has 3 aromatic carbocycles. The molecule has 140 valence electrons. The van der Waals surface area contributed by atoms with Gasteiger partial charge in [-0.05, 0) is 60.5 Å². The Labute approximate surface area is 173 Å². The third-order valence-corrected chi connectivity index (χ3v) is 6.30. The van der Waals surface area contributed by atoms with Crippen molar-refractivity contribution in [3.63, 3.8) is 0 Å².